The van der Waals surface area contributed by atoms with Gasteiger partial charge in [0.1, 0.15) is 5.52 Å². The van der Waals surface area contributed by atoms with E-state index in [0.717, 1.165) is 42.9 Å². The first kappa shape index (κ1) is 38.8. The van der Waals surface area contributed by atoms with Crippen LogP contribution in [0.4, 0.5) is 5.69 Å². The monoisotopic (exact) mass is 700 g/mol. The van der Waals surface area contributed by atoms with Crippen molar-refractivity contribution in [2.75, 3.05) is 31.1 Å². The fraction of sp³-hybridized carbons (Fsp3) is 0.447. The first-order valence-corrected chi connectivity index (χ1v) is 17.5. The smallest absolute Gasteiger partial charge is 0.328 e. The van der Waals surface area contributed by atoms with Crippen LogP contribution in [0.3, 0.4) is 0 Å². The van der Waals surface area contributed by atoms with E-state index < -0.39 is 17.4 Å². The van der Waals surface area contributed by atoms with Crippen molar-refractivity contribution >= 4 is 16.7 Å². The minimum absolute atomic E-state index is 0.0459. The fourth-order valence-corrected chi connectivity index (χ4v) is 5.92. The van der Waals surface area contributed by atoms with E-state index in [2.05, 4.69) is 87.8 Å². The van der Waals surface area contributed by atoms with Crippen molar-refractivity contribution in [1.82, 2.24) is 34.0 Å². The average molecular weight is 701 g/mol. The summed E-state index contributed by atoms with van der Waals surface area (Å²) in [6, 6.07) is 14.9. The normalized spacial score (nSPS) is 14.6. The third kappa shape index (κ3) is 9.62. The molecule has 4 N–H and O–H groups in total. The van der Waals surface area contributed by atoms with Gasteiger partial charge in [-0.3, -0.25) is 24.5 Å². The zero-order valence-electron chi connectivity index (χ0n) is 31.0. The maximum absolute atomic E-state index is 12.3. The molecule has 2 aromatic carbocycles. The predicted molar refractivity (Wildman–Crippen MR) is 203 cm³/mol. The maximum Gasteiger partial charge on any atom is 0.328 e. The number of aliphatic hydroxyl groups is 1. The Balaban J connectivity index is 0.000000202. The van der Waals surface area contributed by atoms with E-state index in [4.69, 9.17) is 0 Å². The van der Waals surface area contributed by atoms with Crippen molar-refractivity contribution in [3.63, 3.8) is 0 Å². The molecule has 1 aliphatic rings. The second-order valence-corrected chi connectivity index (χ2v) is 13.8. The number of fused-ring (bicyclic) bond motifs is 1. The molecule has 1 fully saturated rings. The highest BCUT2D eigenvalue weighted by Gasteiger charge is 2.25. The number of piperazine rings is 1. The molecular weight excluding hydrogens is 648 g/mol. The molecule has 0 radical (unpaired) electrons. The Labute approximate surface area is 297 Å². The lowest BCUT2D eigenvalue weighted by Gasteiger charge is -2.39. The van der Waals surface area contributed by atoms with Gasteiger partial charge in [0.2, 0.25) is 0 Å². The SMILES string of the molecule is CCn1cc(C(C)O)c(=O)[nH]c1=O.CCn1cc([C@H](C)N2CCN(c3cccc4[nH]cnc34)CC2)c(=O)[nH]c1=O.Cc1ccc(C(C)(C)C)cc1. The summed E-state index contributed by atoms with van der Waals surface area (Å²) in [4.78, 5) is 63.0. The highest BCUT2D eigenvalue weighted by molar-refractivity contribution is 5.88. The van der Waals surface area contributed by atoms with Crippen LogP contribution < -0.4 is 27.4 Å². The molecular formula is C38H52N8O5. The lowest BCUT2D eigenvalue weighted by molar-refractivity contribution is 0.196. The van der Waals surface area contributed by atoms with Crippen LogP contribution in [-0.2, 0) is 18.5 Å². The van der Waals surface area contributed by atoms with Crippen LogP contribution in [0.5, 0.6) is 0 Å². The van der Waals surface area contributed by atoms with Crippen molar-refractivity contribution in [3.05, 3.63) is 125 Å². The molecule has 51 heavy (non-hydrogen) atoms. The second-order valence-electron chi connectivity index (χ2n) is 13.8. The molecule has 4 heterocycles. The second kappa shape index (κ2) is 16.8. The molecule has 0 saturated carbocycles. The Bertz CT molecular complexity index is 2130. The number of hydrogen-bond donors (Lipinski definition) is 4. The van der Waals surface area contributed by atoms with Crippen LogP contribution in [0.2, 0.25) is 0 Å². The zero-order valence-corrected chi connectivity index (χ0v) is 31.0. The predicted octanol–water partition coefficient (Wildman–Crippen LogP) is 4.22. The van der Waals surface area contributed by atoms with Gasteiger partial charge >= 0.3 is 11.4 Å². The van der Waals surface area contributed by atoms with E-state index in [1.807, 2.05) is 26.0 Å². The summed E-state index contributed by atoms with van der Waals surface area (Å²) in [6.07, 6.45) is 3.94. The molecule has 0 amide bonds. The Morgan fingerprint density at radius 3 is 1.88 bits per heavy atom. The Kier molecular flexibility index (Phi) is 12.8. The molecule has 0 spiro atoms. The topological polar surface area (TPSA) is 165 Å². The standard InChI is InChI=1S/C19H24N6O2.C11H16.C8H12N2O3/c1-3-23-11-14(18(26)22-19(23)27)13(2)24-7-9-25(10-8-24)16-6-4-5-15-17(16)21-12-20-15;1-9-5-7-10(8-6-9)11(2,3)4;1-3-10-4-6(5(2)11)7(12)9-8(10)13/h4-6,11-13H,3,7-10H2,1-2H3,(H,20,21)(H,22,26,27);5-8H,1-4H3;4-5,11H,3H2,1-2H3,(H,9,12,13)/t13-;;/m0../s1. The van der Waals surface area contributed by atoms with Crippen molar-refractivity contribution in [2.24, 2.45) is 0 Å². The van der Waals surface area contributed by atoms with Crippen LogP contribution in [-0.4, -0.2) is 65.3 Å². The quantitative estimate of drug-likeness (QED) is 0.205. The summed E-state index contributed by atoms with van der Waals surface area (Å²) in [6.45, 7) is 20.4. The van der Waals surface area contributed by atoms with Crippen LogP contribution in [0.15, 0.2) is 80.4 Å². The lowest BCUT2D eigenvalue weighted by Crippen LogP contribution is -2.48. The molecule has 13 nitrogen and oxygen atoms in total. The number of aromatic nitrogens is 6. The van der Waals surface area contributed by atoms with E-state index >= 15 is 0 Å². The first-order chi connectivity index (χ1) is 24.1. The summed E-state index contributed by atoms with van der Waals surface area (Å²) in [5, 5.41) is 9.18. The third-order valence-corrected chi connectivity index (χ3v) is 9.21. The Morgan fingerprint density at radius 2 is 1.35 bits per heavy atom. The summed E-state index contributed by atoms with van der Waals surface area (Å²) in [7, 11) is 0. The van der Waals surface area contributed by atoms with Gasteiger partial charge in [0.05, 0.1) is 34.8 Å². The molecule has 0 bridgehead atoms. The lowest BCUT2D eigenvalue weighted by atomic mass is 9.87. The van der Waals surface area contributed by atoms with Gasteiger partial charge in [0, 0.05) is 57.7 Å². The van der Waals surface area contributed by atoms with E-state index in [1.165, 1.54) is 28.8 Å². The molecule has 5 aromatic rings. The van der Waals surface area contributed by atoms with Crippen molar-refractivity contribution in [2.45, 2.75) is 86.0 Å². The van der Waals surface area contributed by atoms with Gasteiger partial charge in [0.15, 0.2) is 0 Å². The molecule has 1 saturated heterocycles. The van der Waals surface area contributed by atoms with E-state index in [0.29, 0.717) is 18.7 Å². The Morgan fingerprint density at radius 1 is 0.804 bits per heavy atom. The maximum atomic E-state index is 12.3. The van der Waals surface area contributed by atoms with E-state index in [1.54, 1.807) is 24.0 Å². The van der Waals surface area contributed by atoms with Gasteiger partial charge in [-0.15, -0.1) is 0 Å². The summed E-state index contributed by atoms with van der Waals surface area (Å²) in [5.41, 5.74) is 5.42. The summed E-state index contributed by atoms with van der Waals surface area (Å²) < 4.78 is 2.88. The van der Waals surface area contributed by atoms with Crippen molar-refractivity contribution in [3.8, 4) is 0 Å². The van der Waals surface area contributed by atoms with E-state index in [9.17, 15) is 24.3 Å². The molecule has 274 valence electrons. The number of benzene rings is 2. The zero-order chi connectivity index (χ0) is 37.5. The number of aromatic amines is 3. The highest BCUT2D eigenvalue weighted by atomic mass is 16.3. The molecule has 3 aromatic heterocycles. The molecule has 1 aliphatic heterocycles. The number of para-hydroxylation sites is 1. The fourth-order valence-electron chi connectivity index (χ4n) is 5.92. The first-order valence-electron chi connectivity index (χ1n) is 17.5. The van der Waals surface area contributed by atoms with Crippen LogP contribution in [0.25, 0.3) is 11.0 Å². The average Bonchev–Trinajstić information content (AvgIpc) is 3.58. The number of H-pyrrole nitrogens is 3. The number of imidazole rings is 1. The van der Waals surface area contributed by atoms with Crippen LogP contribution in [0, 0.1) is 6.92 Å². The number of anilines is 1. The summed E-state index contributed by atoms with van der Waals surface area (Å²) in [5.74, 6) is 0. The van der Waals surface area contributed by atoms with Gasteiger partial charge < -0.3 is 24.1 Å². The number of nitrogens with one attached hydrogen (secondary N) is 3. The van der Waals surface area contributed by atoms with Gasteiger partial charge in [-0.05, 0) is 57.7 Å². The minimum atomic E-state index is -0.859. The molecule has 0 aliphatic carbocycles. The molecule has 13 heteroatoms. The van der Waals surface area contributed by atoms with Gasteiger partial charge in [-0.25, -0.2) is 14.6 Å². The van der Waals surface area contributed by atoms with Crippen molar-refractivity contribution in [1.29, 1.82) is 0 Å². The number of hydrogen-bond acceptors (Lipinski definition) is 8. The van der Waals surface area contributed by atoms with Gasteiger partial charge in [-0.2, -0.15) is 0 Å². The van der Waals surface area contributed by atoms with Gasteiger partial charge in [0.25, 0.3) is 11.1 Å². The number of rotatable bonds is 6. The molecule has 1 unspecified atom stereocenters. The largest absolute Gasteiger partial charge is 0.388 e. The molecule has 2 atom stereocenters. The highest BCUT2D eigenvalue weighted by Crippen LogP contribution is 2.27. The van der Waals surface area contributed by atoms with Crippen LogP contribution in [0.1, 0.15) is 82.9 Å². The van der Waals surface area contributed by atoms with Gasteiger partial charge in [-0.1, -0.05) is 56.7 Å². The number of nitrogens with zero attached hydrogens (tertiary/aromatic N) is 5. The minimum Gasteiger partial charge on any atom is -0.388 e. The van der Waals surface area contributed by atoms with E-state index in [-0.39, 0.29) is 28.3 Å². The van der Waals surface area contributed by atoms with Crippen LogP contribution >= 0.6 is 0 Å². The number of aliphatic hydroxyl groups excluding tert-OH is 1. The Hall–Kier alpha value is -5.01. The van der Waals surface area contributed by atoms with Crippen molar-refractivity contribution < 1.29 is 5.11 Å². The number of aryl methyl sites for hydroxylation is 3. The third-order valence-electron chi connectivity index (χ3n) is 9.21. The molecule has 6 rings (SSSR count). The summed E-state index contributed by atoms with van der Waals surface area (Å²) >= 11 is 0.